The van der Waals surface area contributed by atoms with Crippen molar-refractivity contribution >= 4 is 71.7 Å². The number of aromatic nitrogens is 2. The Morgan fingerprint density at radius 2 is 1.94 bits per heavy atom. The molecule has 3 aromatic rings. The van der Waals surface area contributed by atoms with Gasteiger partial charge in [0, 0.05) is 11.5 Å². The van der Waals surface area contributed by atoms with E-state index in [0.29, 0.717) is 19.1 Å². The number of thiophene rings is 1. The molecule has 2 heterocycles. The summed E-state index contributed by atoms with van der Waals surface area (Å²) in [6.45, 7) is 0. The number of hydrogen-bond acceptors (Lipinski definition) is 7. The Morgan fingerprint density at radius 1 is 1.35 bits per heavy atom. The Bertz CT molecular complexity index is 1270. The second kappa shape index (κ2) is 9.18. The van der Waals surface area contributed by atoms with E-state index in [1.807, 2.05) is 11.6 Å². The van der Waals surface area contributed by atoms with Gasteiger partial charge in [-0.05, 0) is 40.4 Å². The number of carbonyl (C=O) groups is 1. The molecule has 0 amide bonds. The fourth-order valence-electron chi connectivity index (χ4n) is 2.32. The molecule has 0 spiro atoms. The number of nitrogens with zero attached hydrogens (tertiary/aromatic N) is 2. The van der Waals surface area contributed by atoms with Gasteiger partial charge in [0.05, 0.1) is 36.2 Å². The number of nitrogens with two attached hydrogens (primary N) is 1. The highest BCUT2D eigenvalue weighted by Gasteiger charge is 2.38. The van der Waals surface area contributed by atoms with E-state index in [-0.39, 0.29) is 15.6 Å². The number of aliphatic carboxylic acids is 1. The van der Waals surface area contributed by atoms with E-state index in [2.05, 4.69) is 20.9 Å². The van der Waals surface area contributed by atoms with Crippen LogP contribution in [0.1, 0.15) is 4.88 Å². The number of imidazole rings is 1. The predicted molar refractivity (Wildman–Crippen MR) is 115 cm³/mol. The van der Waals surface area contributed by atoms with Crippen LogP contribution in [0.2, 0.25) is 0 Å². The molecule has 0 bridgehead atoms. The second-order valence-corrected chi connectivity index (χ2v) is 10.7. The molecular weight excluding hydrogens is 545 g/mol. The third-order valence-electron chi connectivity index (χ3n) is 3.70. The summed E-state index contributed by atoms with van der Waals surface area (Å²) >= 11 is 5.95. The minimum Gasteiger partial charge on any atom is -0.475 e. The molecule has 0 aliphatic heterocycles. The van der Waals surface area contributed by atoms with Crippen molar-refractivity contribution < 1.29 is 31.5 Å². The monoisotopic (exact) mass is 558 g/mol. The molecule has 1 aromatic carbocycles. The van der Waals surface area contributed by atoms with Crippen molar-refractivity contribution in [3.8, 4) is 0 Å². The lowest BCUT2D eigenvalue weighted by molar-refractivity contribution is -0.192. The molecule has 0 aliphatic carbocycles. The fourth-order valence-corrected chi connectivity index (χ4v) is 7.10. The quantitative estimate of drug-likeness (QED) is 0.251. The van der Waals surface area contributed by atoms with Crippen LogP contribution in [0.5, 0.6) is 0 Å². The Kier molecular flexibility index (Phi) is 7.45. The minimum atomic E-state index is -5.08. The van der Waals surface area contributed by atoms with Crippen LogP contribution in [-0.4, -0.2) is 47.3 Å². The highest BCUT2D eigenvalue weighted by molar-refractivity contribution is 9.10. The maximum Gasteiger partial charge on any atom is 0.490 e. The number of rotatable bonds is 4. The van der Waals surface area contributed by atoms with E-state index in [0.717, 1.165) is 5.52 Å². The molecule has 0 saturated heterocycles. The summed E-state index contributed by atoms with van der Waals surface area (Å²) in [4.78, 5) is 13.9. The van der Waals surface area contributed by atoms with Crippen molar-refractivity contribution in [1.29, 1.82) is 5.41 Å². The molecule has 0 fully saturated rings. The number of amidine groups is 1. The molecule has 0 atom stereocenters. The third-order valence-corrected chi connectivity index (χ3v) is 8.62. The summed E-state index contributed by atoms with van der Waals surface area (Å²) in [6, 6.07) is 4.60. The lowest BCUT2D eigenvalue weighted by atomic mass is 10.3. The van der Waals surface area contributed by atoms with Crippen LogP contribution in [-0.2, 0) is 21.7 Å². The van der Waals surface area contributed by atoms with Crippen molar-refractivity contribution in [3.63, 3.8) is 0 Å². The maximum atomic E-state index is 13.1. The number of carboxylic acids is 1. The van der Waals surface area contributed by atoms with Gasteiger partial charge in [-0.2, -0.15) is 13.2 Å². The first-order valence-electron chi connectivity index (χ1n) is 7.88. The van der Waals surface area contributed by atoms with Gasteiger partial charge in [0.1, 0.15) is 5.84 Å². The molecule has 3 rings (SSSR count). The van der Waals surface area contributed by atoms with Gasteiger partial charge in [0.15, 0.2) is 0 Å². The SMILES string of the molecule is CSc1sc(C(=N)N)cc1S(=O)(=O)c1cc(Br)c2c(c1)ncn2C.O=C(O)C(F)(F)F. The highest BCUT2D eigenvalue weighted by atomic mass is 79.9. The number of nitrogens with one attached hydrogen (secondary N) is 1. The number of fused-ring (bicyclic) bond motifs is 1. The molecule has 31 heavy (non-hydrogen) atoms. The van der Waals surface area contributed by atoms with Crippen LogP contribution in [0.15, 0.2) is 43.0 Å². The van der Waals surface area contributed by atoms with Gasteiger partial charge in [0.25, 0.3) is 0 Å². The summed E-state index contributed by atoms with van der Waals surface area (Å²) < 4.78 is 61.0. The molecule has 0 unspecified atom stereocenters. The summed E-state index contributed by atoms with van der Waals surface area (Å²) in [5.41, 5.74) is 6.93. The van der Waals surface area contributed by atoms with E-state index in [1.54, 1.807) is 24.7 Å². The van der Waals surface area contributed by atoms with Gasteiger partial charge >= 0.3 is 12.1 Å². The lowest BCUT2D eigenvalue weighted by Gasteiger charge is -2.06. The highest BCUT2D eigenvalue weighted by Crippen LogP contribution is 2.38. The van der Waals surface area contributed by atoms with Crippen LogP contribution < -0.4 is 5.73 Å². The van der Waals surface area contributed by atoms with Gasteiger partial charge in [0.2, 0.25) is 9.84 Å². The van der Waals surface area contributed by atoms with Gasteiger partial charge < -0.3 is 15.4 Å². The molecule has 0 saturated carbocycles. The van der Waals surface area contributed by atoms with Crippen molar-refractivity contribution in [2.75, 3.05) is 6.26 Å². The summed E-state index contributed by atoms with van der Waals surface area (Å²) in [5, 5.41) is 14.7. The van der Waals surface area contributed by atoms with E-state index in [1.165, 1.54) is 29.2 Å². The fraction of sp³-hybridized carbons (Fsp3) is 0.188. The molecule has 4 N–H and O–H groups in total. The number of alkyl halides is 3. The van der Waals surface area contributed by atoms with Crippen molar-refractivity contribution in [3.05, 3.63) is 33.9 Å². The lowest BCUT2D eigenvalue weighted by Crippen LogP contribution is -2.21. The average Bonchev–Trinajstić information content (AvgIpc) is 3.26. The topological polar surface area (TPSA) is 139 Å². The van der Waals surface area contributed by atoms with Crippen LogP contribution in [0.25, 0.3) is 11.0 Å². The number of halogens is 4. The zero-order valence-corrected chi connectivity index (χ0v) is 19.7. The molecule has 2 aromatic heterocycles. The molecule has 0 radical (unpaired) electrons. The van der Waals surface area contributed by atoms with Crippen molar-refractivity contribution in [1.82, 2.24) is 9.55 Å². The van der Waals surface area contributed by atoms with E-state index < -0.39 is 22.0 Å². The number of benzene rings is 1. The molecule has 168 valence electrons. The molecule has 15 heteroatoms. The Morgan fingerprint density at radius 3 is 2.42 bits per heavy atom. The first kappa shape index (κ1) is 25.2. The largest absolute Gasteiger partial charge is 0.490 e. The van der Waals surface area contributed by atoms with Crippen LogP contribution in [0.4, 0.5) is 13.2 Å². The smallest absolute Gasteiger partial charge is 0.475 e. The summed E-state index contributed by atoms with van der Waals surface area (Å²) in [5.74, 6) is -2.90. The predicted octanol–water partition coefficient (Wildman–Crippen LogP) is 3.87. The zero-order valence-electron chi connectivity index (χ0n) is 15.7. The van der Waals surface area contributed by atoms with E-state index in [9.17, 15) is 21.6 Å². The third kappa shape index (κ3) is 5.39. The first-order chi connectivity index (χ1) is 14.2. The number of aryl methyl sites for hydroxylation is 1. The number of sulfone groups is 1. The normalized spacial score (nSPS) is 11.8. The second-order valence-electron chi connectivity index (χ2n) is 5.81. The van der Waals surface area contributed by atoms with Crippen molar-refractivity contribution in [2.24, 2.45) is 12.8 Å². The van der Waals surface area contributed by atoms with E-state index in [4.69, 9.17) is 21.0 Å². The van der Waals surface area contributed by atoms with Crippen LogP contribution >= 0.6 is 39.0 Å². The van der Waals surface area contributed by atoms with Crippen LogP contribution in [0.3, 0.4) is 0 Å². The Hall–Kier alpha value is -2.10. The van der Waals surface area contributed by atoms with Crippen LogP contribution in [0, 0.1) is 5.41 Å². The number of thioether (sulfide) groups is 1. The van der Waals surface area contributed by atoms with Gasteiger partial charge in [-0.25, -0.2) is 18.2 Å². The summed E-state index contributed by atoms with van der Waals surface area (Å²) in [6.07, 6.45) is -1.65. The maximum absolute atomic E-state index is 13.1. The van der Waals surface area contributed by atoms with Gasteiger partial charge in [-0.15, -0.1) is 23.1 Å². The number of hydrogen-bond donors (Lipinski definition) is 3. The standard InChI is InChI=1S/C14H13BrN4O2S3.C2HF3O2/c1-19-6-18-9-4-7(3-8(15)12(9)19)24(20,21)11-5-10(13(16)17)23-14(11)22-2;3-2(4,5)1(6)7/h3-6H,1-2H3,(H3,16,17);(H,6,7). The number of carboxylic acid groups (broad SMARTS) is 1. The average molecular weight is 559 g/mol. The molecule has 8 nitrogen and oxygen atoms in total. The van der Waals surface area contributed by atoms with E-state index >= 15 is 0 Å². The summed E-state index contributed by atoms with van der Waals surface area (Å²) in [7, 11) is -1.90. The minimum absolute atomic E-state index is 0.141. The Labute approximate surface area is 190 Å². The first-order valence-corrected chi connectivity index (χ1v) is 12.2. The van der Waals surface area contributed by atoms with Gasteiger partial charge in [-0.1, -0.05) is 0 Å². The zero-order chi connectivity index (χ0) is 23.7. The molecule has 0 aliphatic rings. The van der Waals surface area contributed by atoms with Gasteiger partial charge in [-0.3, -0.25) is 5.41 Å². The Balaban J connectivity index is 0.000000423. The molecular formula is C16H14BrF3N4O4S3. The number of nitrogen functional groups attached to an aromatic ring is 1. The van der Waals surface area contributed by atoms with Crippen molar-refractivity contribution in [2.45, 2.75) is 20.2 Å².